The van der Waals surface area contributed by atoms with Gasteiger partial charge in [-0.3, -0.25) is 4.79 Å². The van der Waals surface area contributed by atoms with Crippen molar-refractivity contribution in [2.45, 2.75) is 33.3 Å². The quantitative estimate of drug-likeness (QED) is 0.869. The minimum Gasteiger partial charge on any atom is -0.459 e. The van der Waals surface area contributed by atoms with Crippen molar-refractivity contribution in [3.05, 3.63) is 28.4 Å². The second-order valence-electron chi connectivity index (χ2n) is 4.69. The van der Waals surface area contributed by atoms with Crippen LogP contribution >= 0.6 is 11.3 Å². The van der Waals surface area contributed by atoms with Crippen LogP contribution in [0, 0.1) is 6.92 Å². The molecule has 1 amide bonds. The highest BCUT2D eigenvalue weighted by molar-refractivity contribution is 7.16. The molecule has 0 aromatic carbocycles. The van der Waals surface area contributed by atoms with Crippen LogP contribution in [0.4, 0.5) is 0 Å². The fraction of sp³-hybridized carbons (Fsp3) is 0.385. The Hall–Kier alpha value is -1.82. The van der Waals surface area contributed by atoms with Crippen LogP contribution < -0.4 is 5.73 Å². The van der Waals surface area contributed by atoms with Crippen LogP contribution in [0.25, 0.3) is 4.83 Å². The molecule has 0 aliphatic heterocycles. The number of thiazole rings is 1. The number of esters is 1. The summed E-state index contributed by atoms with van der Waals surface area (Å²) in [5, 5.41) is 1.84. The summed E-state index contributed by atoms with van der Waals surface area (Å²) < 4.78 is 7.07. The number of ether oxygens (including phenoxy) is 1. The smallest absolute Gasteiger partial charge is 0.341 e. The lowest BCUT2D eigenvalue weighted by Crippen LogP contribution is -2.14. The Morgan fingerprint density at radius 1 is 1.47 bits per heavy atom. The van der Waals surface area contributed by atoms with Gasteiger partial charge in [0.1, 0.15) is 4.83 Å². The van der Waals surface area contributed by atoms with Gasteiger partial charge in [-0.15, -0.1) is 11.3 Å². The van der Waals surface area contributed by atoms with Crippen molar-refractivity contribution < 1.29 is 14.3 Å². The number of aryl methyl sites for hydroxylation is 1. The van der Waals surface area contributed by atoms with E-state index in [9.17, 15) is 9.59 Å². The molecule has 0 aliphatic carbocycles. The Kier molecular flexibility index (Phi) is 3.61. The van der Waals surface area contributed by atoms with Gasteiger partial charge >= 0.3 is 5.97 Å². The Morgan fingerprint density at radius 2 is 2.16 bits per heavy atom. The Morgan fingerprint density at radius 3 is 2.74 bits per heavy atom. The molecule has 102 valence electrons. The maximum absolute atomic E-state index is 12.1. The highest BCUT2D eigenvalue weighted by atomic mass is 32.1. The minimum absolute atomic E-state index is 0.160. The van der Waals surface area contributed by atoms with Crippen LogP contribution in [0.1, 0.15) is 35.5 Å². The van der Waals surface area contributed by atoms with E-state index in [0.29, 0.717) is 5.56 Å². The molecule has 0 atom stereocenters. The van der Waals surface area contributed by atoms with Crippen LogP contribution in [0.15, 0.2) is 11.6 Å². The number of carbonyl (C=O) groups is 2. The van der Waals surface area contributed by atoms with Crippen LogP contribution in [-0.4, -0.2) is 22.4 Å². The molecule has 2 rings (SSSR count). The van der Waals surface area contributed by atoms with Crippen molar-refractivity contribution in [3.8, 4) is 0 Å². The zero-order chi connectivity index (χ0) is 14.2. The molecule has 0 saturated carbocycles. The largest absolute Gasteiger partial charge is 0.459 e. The number of fused-ring (bicyclic) bond motifs is 1. The van der Waals surface area contributed by atoms with Crippen molar-refractivity contribution in [2.75, 3.05) is 0 Å². The summed E-state index contributed by atoms with van der Waals surface area (Å²) in [6, 6.07) is 0. The number of nitrogens with zero attached hydrogens (tertiary/aromatic N) is 1. The van der Waals surface area contributed by atoms with Crippen molar-refractivity contribution >= 4 is 28.0 Å². The summed E-state index contributed by atoms with van der Waals surface area (Å²) in [6.07, 6.45) is 1.83. The van der Waals surface area contributed by atoms with Crippen LogP contribution in [-0.2, 0) is 16.0 Å². The third kappa shape index (κ3) is 2.63. The van der Waals surface area contributed by atoms with E-state index < -0.39 is 5.91 Å². The Balaban J connectivity index is 2.45. The summed E-state index contributed by atoms with van der Waals surface area (Å²) in [5.41, 5.74) is 7.40. The van der Waals surface area contributed by atoms with Gasteiger partial charge in [0.2, 0.25) is 5.91 Å². The summed E-state index contributed by atoms with van der Waals surface area (Å²) in [5.74, 6) is -0.722. The third-order valence-corrected chi connectivity index (χ3v) is 3.68. The molecule has 0 spiro atoms. The molecule has 2 aromatic rings. The molecule has 2 N–H and O–H groups in total. The van der Waals surface area contributed by atoms with E-state index in [4.69, 9.17) is 10.5 Å². The number of amides is 1. The van der Waals surface area contributed by atoms with E-state index in [1.807, 2.05) is 36.7 Å². The summed E-state index contributed by atoms with van der Waals surface area (Å²) >= 11 is 1.41. The van der Waals surface area contributed by atoms with Gasteiger partial charge in [-0.1, -0.05) is 0 Å². The van der Waals surface area contributed by atoms with Crippen LogP contribution in [0.5, 0.6) is 0 Å². The normalized spacial score (nSPS) is 11.2. The third-order valence-electron chi connectivity index (χ3n) is 2.67. The van der Waals surface area contributed by atoms with Crippen molar-refractivity contribution in [2.24, 2.45) is 5.73 Å². The monoisotopic (exact) mass is 280 g/mol. The summed E-state index contributed by atoms with van der Waals surface area (Å²) in [6.45, 7) is 5.48. The Bertz CT molecular complexity index is 640. The van der Waals surface area contributed by atoms with Gasteiger partial charge in [-0.25, -0.2) is 4.79 Å². The van der Waals surface area contributed by atoms with Gasteiger partial charge in [0.05, 0.1) is 18.1 Å². The van der Waals surface area contributed by atoms with Crippen molar-refractivity contribution in [1.29, 1.82) is 0 Å². The fourth-order valence-corrected chi connectivity index (χ4v) is 3.03. The molecular formula is C13H16N2O3S. The first-order valence-corrected chi connectivity index (χ1v) is 6.85. The van der Waals surface area contributed by atoms with E-state index in [2.05, 4.69) is 0 Å². The van der Waals surface area contributed by atoms with E-state index >= 15 is 0 Å². The van der Waals surface area contributed by atoms with Gasteiger partial charge in [-0.2, -0.15) is 0 Å². The molecule has 0 saturated heterocycles. The number of nitrogens with two attached hydrogens (primary N) is 1. The predicted octanol–water partition coefficient (Wildman–Crippen LogP) is 1.90. The predicted molar refractivity (Wildman–Crippen MR) is 73.5 cm³/mol. The lowest BCUT2D eigenvalue weighted by molar-refractivity contribution is -0.117. The molecule has 19 heavy (non-hydrogen) atoms. The number of aromatic nitrogens is 1. The van der Waals surface area contributed by atoms with E-state index in [1.165, 1.54) is 11.3 Å². The zero-order valence-electron chi connectivity index (χ0n) is 11.1. The average Bonchev–Trinajstić information content (AvgIpc) is 2.76. The van der Waals surface area contributed by atoms with Gasteiger partial charge < -0.3 is 14.9 Å². The number of hydrogen-bond acceptors (Lipinski definition) is 4. The van der Waals surface area contributed by atoms with Gasteiger partial charge in [-0.05, 0) is 26.3 Å². The molecule has 0 unspecified atom stereocenters. The highest BCUT2D eigenvalue weighted by Gasteiger charge is 2.21. The lowest BCUT2D eigenvalue weighted by Gasteiger charge is -2.07. The first-order chi connectivity index (χ1) is 8.90. The fourth-order valence-electron chi connectivity index (χ4n) is 1.94. The second-order valence-corrected chi connectivity index (χ2v) is 5.54. The first-order valence-electron chi connectivity index (χ1n) is 5.97. The molecule has 5 nitrogen and oxygen atoms in total. The standard InChI is InChI=1S/C13H16N2O3S/c1-7(2)18-13(17)11-8(3)5-15-9(4-10(14)16)6-19-12(11)15/h5-7H,4H2,1-3H3,(H2,14,16). The van der Waals surface area contributed by atoms with Crippen LogP contribution in [0.3, 0.4) is 0 Å². The topological polar surface area (TPSA) is 73.8 Å². The van der Waals surface area contributed by atoms with Gasteiger partial charge in [0, 0.05) is 17.3 Å². The first kappa shape index (κ1) is 13.6. The number of rotatable bonds is 4. The second kappa shape index (κ2) is 5.05. The van der Waals surface area contributed by atoms with Gasteiger partial charge in [0.15, 0.2) is 0 Å². The average molecular weight is 280 g/mol. The number of hydrogen-bond donors (Lipinski definition) is 1. The molecule has 2 aromatic heterocycles. The van der Waals surface area contributed by atoms with E-state index in [0.717, 1.165) is 16.1 Å². The highest BCUT2D eigenvalue weighted by Crippen LogP contribution is 2.27. The SMILES string of the molecule is Cc1cn2c(CC(N)=O)csc2c1C(=O)OC(C)C. The lowest BCUT2D eigenvalue weighted by atomic mass is 10.2. The molecule has 6 heteroatoms. The van der Waals surface area contributed by atoms with E-state index in [1.54, 1.807) is 0 Å². The maximum Gasteiger partial charge on any atom is 0.341 e. The van der Waals surface area contributed by atoms with Gasteiger partial charge in [0.25, 0.3) is 0 Å². The van der Waals surface area contributed by atoms with Crippen LogP contribution in [0.2, 0.25) is 0 Å². The minimum atomic E-state index is -0.391. The van der Waals surface area contributed by atoms with E-state index in [-0.39, 0.29) is 18.5 Å². The molecule has 0 radical (unpaired) electrons. The molecule has 0 fully saturated rings. The molecule has 2 heterocycles. The number of carbonyl (C=O) groups excluding carboxylic acids is 2. The number of primary amides is 1. The molecular weight excluding hydrogens is 264 g/mol. The van der Waals surface area contributed by atoms with Crippen molar-refractivity contribution in [3.63, 3.8) is 0 Å². The van der Waals surface area contributed by atoms with Crippen molar-refractivity contribution in [1.82, 2.24) is 4.40 Å². The molecule has 0 aliphatic rings. The molecule has 0 bridgehead atoms. The summed E-state index contributed by atoms with van der Waals surface area (Å²) in [7, 11) is 0. The zero-order valence-corrected chi connectivity index (χ0v) is 11.9. The maximum atomic E-state index is 12.1. The Labute approximate surface area is 115 Å². The summed E-state index contributed by atoms with van der Waals surface area (Å²) in [4.78, 5) is 23.9.